The number of para-hydroxylation sites is 1. The van der Waals surface area contributed by atoms with Crippen molar-refractivity contribution < 1.29 is 29.0 Å². The first kappa shape index (κ1) is 26.4. The van der Waals surface area contributed by atoms with Crippen LogP contribution < -0.4 is 9.64 Å². The first-order chi connectivity index (χ1) is 18.6. The first-order valence-corrected chi connectivity index (χ1v) is 14.6. The van der Waals surface area contributed by atoms with Gasteiger partial charge in [0.05, 0.1) is 33.6 Å². The van der Waals surface area contributed by atoms with Crippen LogP contribution in [0.5, 0.6) is 11.5 Å². The molecule has 10 heteroatoms. The van der Waals surface area contributed by atoms with Gasteiger partial charge in [0.1, 0.15) is 0 Å². The van der Waals surface area contributed by atoms with Gasteiger partial charge in [-0.25, -0.2) is 0 Å². The second-order valence-corrected chi connectivity index (χ2v) is 12.3. The molecule has 3 aliphatic carbocycles. The number of fused-ring (bicyclic) bond motifs is 3. The van der Waals surface area contributed by atoms with Crippen LogP contribution in [0.4, 0.5) is 5.69 Å². The largest absolute Gasteiger partial charge is 0.503 e. The van der Waals surface area contributed by atoms with Gasteiger partial charge in [0.15, 0.2) is 23.1 Å². The van der Waals surface area contributed by atoms with E-state index in [0.29, 0.717) is 37.8 Å². The number of methoxy groups -OCH3 is 1. The highest BCUT2D eigenvalue weighted by atomic mass is 79.9. The molecule has 39 heavy (non-hydrogen) atoms. The lowest BCUT2D eigenvalue weighted by Crippen LogP contribution is -2.39. The maximum atomic E-state index is 13.9. The smallest absolute Gasteiger partial charge is 0.238 e. The molecule has 0 saturated carbocycles. The highest BCUT2D eigenvalue weighted by Crippen LogP contribution is 2.58. The Labute approximate surface area is 249 Å². The number of imide groups is 1. The van der Waals surface area contributed by atoms with Crippen molar-refractivity contribution in [3.05, 3.63) is 84.3 Å². The number of halogens is 3. The zero-order chi connectivity index (χ0) is 27.7. The molecule has 0 spiro atoms. The molecule has 4 unspecified atom stereocenters. The van der Waals surface area contributed by atoms with Gasteiger partial charge in [-0.3, -0.25) is 24.1 Å². The Bertz CT molecular complexity index is 1590. The van der Waals surface area contributed by atoms with Crippen LogP contribution in [-0.2, 0) is 19.2 Å². The fourth-order valence-corrected chi connectivity index (χ4v) is 7.77. The van der Waals surface area contributed by atoms with E-state index in [1.165, 1.54) is 18.1 Å². The number of allylic oxidation sites excluding steroid dienone is 6. The number of rotatable bonds is 3. The molecule has 4 atom stereocenters. The molecule has 1 aliphatic heterocycles. The quantitative estimate of drug-likeness (QED) is 0.242. The Balaban J connectivity index is 1.55. The van der Waals surface area contributed by atoms with Crippen molar-refractivity contribution in [2.24, 2.45) is 17.8 Å². The molecule has 1 N–H and O–H groups in total. The molecule has 6 rings (SSSR count). The maximum Gasteiger partial charge on any atom is 0.238 e. The van der Waals surface area contributed by atoms with Crippen molar-refractivity contribution in [3.8, 4) is 11.5 Å². The van der Waals surface area contributed by atoms with E-state index in [4.69, 9.17) is 4.74 Å². The third-order valence-corrected chi connectivity index (χ3v) is 10.8. The van der Waals surface area contributed by atoms with Crippen molar-refractivity contribution in [1.82, 2.24) is 0 Å². The second kappa shape index (κ2) is 9.67. The third-order valence-electron chi connectivity index (χ3n) is 8.05. The van der Waals surface area contributed by atoms with Gasteiger partial charge < -0.3 is 9.84 Å². The van der Waals surface area contributed by atoms with E-state index in [1.807, 2.05) is 12.1 Å². The molecule has 0 radical (unpaired) electrons. The Morgan fingerprint density at radius 2 is 1.69 bits per heavy atom. The van der Waals surface area contributed by atoms with Gasteiger partial charge in [0, 0.05) is 27.6 Å². The summed E-state index contributed by atoms with van der Waals surface area (Å²) in [5.41, 5.74) is 2.58. The second-order valence-electron chi connectivity index (χ2n) is 9.89. The molecule has 7 nitrogen and oxygen atoms in total. The Kier molecular flexibility index (Phi) is 6.55. The lowest BCUT2D eigenvalue weighted by Gasteiger charge is -2.42. The Morgan fingerprint density at radius 3 is 2.38 bits per heavy atom. The number of phenols is 1. The normalized spacial score (nSPS) is 26.2. The molecule has 1 saturated heterocycles. The molecule has 2 amide bonds. The predicted molar refractivity (Wildman–Crippen MR) is 154 cm³/mol. The summed E-state index contributed by atoms with van der Waals surface area (Å²) in [7, 11) is 1.42. The number of aromatic hydroxyl groups is 1. The van der Waals surface area contributed by atoms with Crippen LogP contribution in [0.15, 0.2) is 78.7 Å². The van der Waals surface area contributed by atoms with Crippen molar-refractivity contribution in [3.63, 3.8) is 0 Å². The summed E-state index contributed by atoms with van der Waals surface area (Å²) >= 11 is 10.2. The number of amides is 2. The zero-order valence-corrected chi connectivity index (χ0v) is 25.2. The van der Waals surface area contributed by atoms with Gasteiger partial charge in [-0.1, -0.05) is 29.8 Å². The van der Waals surface area contributed by atoms with Crippen molar-refractivity contribution in [2.75, 3.05) is 12.0 Å². The standard InChI is InChI=1S/C29H20Br3NO6/c1-39-20-10-16(24(31)25(32)27(20)36)21-13-7-8-14-22(29(38)33(28(14)37)12-5-3-2-4-6-12)15(13)9-17-23(21)19(34)11-18(30)26(17)35/h2-7,10-11,14-15,21-22,36H,8-9H2,1H3. The molecule has 4 aliphatic rings. The molecule has 2 aromatic carbocycles. The van der Waals surface area contributed by atoms with E-state index in [1.54, 1.807) is 30.3 Å². The number of carbonyl (C=O) groups is 4. The van der Waals surface area contributed by atoms with Gasteiger partial charge in [-0.15, -0.1) is 0 Å². The molecule has 1 fully saturated rings. The van der Waals surface area contributed by atoms with Crippen LogP contribution in [-0.4, -0.2) is 35.6 Å². The van der Waals surface area contributed by atoms with E-state index >= 15 is 0 Å². The molecular weight excluding hydrogens is 698 g/mol. The first-order valence-electron chi connectivity index (χ1n) is 12.2. The summed E-state index contributed by atoms with van der Waals surface area (Å²) in [6.45, 7) is 0. The van der Waals surface area contributed by atoms with E-state index in [9.17, 15) is 24.3 Å². The van der Waals surface area contributed by atoms with Crippen LogP contribution in [0.2, 0.25) is 0 Å². The highest BCUT2D eigenvalue weighted by Gasteiger charge is 2.57. The van der Waals surface area contributed by atoms with Crippen LogP contribution in [0.1, 0.15) is 24.3 Å². The minimum atomic E-state index is -0.693. The Morgan fingerprint density at radius 1 is 0.974 bits per heavy atom. The molecule has 198 valence electrons. The lowest BCUT2D eigenvalue weighted by atomic mass is 9.59. The molecular formula is C29H20Br3NO6. The fraction of sp³-hybridized carbons (Fsp3) is 0.241. The number of hydrogen-bond acceptors (Lipinski definition) is 6. The van der Waals surface area contributed by atoms with Gasteiger partial charge in [0.25, 0.3) is 0 Å². The van der Waals surface area contributed by atoms with Crippen LogP contribution in [0.25, 0.3) is 0 Å². The Hall–Kier alpha value is -2.82. The fourth-order valence-electron chi connectivity index (χ4n) is 6.37. The summed E-state index contributed by atoms with van der Waals surface area (Å²) < 4.78 is 6.39. The third kappa shape index (κ3) is 3.86. The van der Waals surface area contributed by atoms with Crippen LogP contribution >= 0.6 is 47.8 Å². The van der Waals surface area contributed by atoms with Crippen LogP contribution in [0, 0.1) is 17.8 Å². The monoisotopic (exact) mass is 715 g/mol. The highest BCUT2D eigenvalue weighted by molar-refractivity contribution is 9.13. The summed E-state index contributed by atoms with van der Waals surface area (Å²) in [5.74, 6) is -3.52. The topological polar surface area (TPSA) is 101 Å². The zero-order valence-electron chi connectivity index (χ0n) is 20.4. The minimum absolute atomic E-state index is 0.115. The molecule has 0 aromatic heterocycles. The van der Waals surface area contributed by atoms with Gasteiger partial charge in [-0.05, 0) is 90.3 Å². The van der Waals surface area contributed by atoms with Crippen LogP contribution in [0.3, 0.4) is 0 Å². The number of Topliss-reactive ketones (excluding diaryl/α,β-unsaturated/α-hetero) is 1. The summed E-state index contributed by atoms with van der Waals surface area (Å²) in [5, 5.41) is 10.6. The van der Waals surface area contributed by atoms with Gasteiger partial charge in [-0.2, -0.15) is 0 Å². The molecule has 1 heterocycles. The number of hydrogen-bond donors (Lipinski definition) is 1. The minimum Gasteiger partial charge on any atom is -0.503 e. The summed E-state index contributed by atoms with van der Waals surface area (Å²) in [6.07, 6.45) is 3.73. The number of benzene rings is 2. The number of phenolic OH excluding ortho intramolecular Hbond substituents is 1. The number of carbonyl (C=O) groups excluding carboxylic acids is 4. The van der Waals surface area contributed by atoms with Gasteiger partial charge in [0.2, 0.25) is 11.8 Å². The maximum absolute atomic E-state index is 13.9. The summed E-state index contributed by atoms with van der Waals surface area (Å²) in [4.78, 5) is 55.6. The predicted octanol–water partition coefficient (Wildman–Crippen LogP) is 5.89. The van der Waals surface area contributed by atoms with E-state index < -0.39 is 23.7 Å². The SMILES string of the molecule is COc1cc(C2C3=CCC4C(=O)N(c5ccccc5)C(=O)C4C3CC3=C2C(=O)C=C(Br)C3=O)c(Br)c(Br)c1O. The molecule has 0 bridgehead atoms. The number of nitrogens with zero attached hydrogens (tertiary/aromatic N) is 1. The van der Waals surface area contributed by atoms with E-state index in [-0.39, 0.29) is 45.8 Å². The van der Waals surface area contributed by atoms with Crippen molar-refractivity contribution in [1.29, 1.82) is 0 Å². The number of anilines is 1. The molecule has 2 aromatic rings. The average Bonchev–Trinajstić information content (AvgIpc) is 3.19. The van der Waals surface area contributed by atoms with E-state index in [0.717, 1.165) is 5.57 Å². The van der Waals surface area contributed by atoms with Crippen molar-refractivity contribution >= 4 is 76.9 Å². The number of ether oxygens (including phenoxy) is 1. The lowest BCUT2D eigenvalue weighted by molar-refractivity contribution is -0.123. The van der Waals surface area contributed by atoms with Gasteiger partial charge >= 0.3 is 0 Å². The van der Waals surface area contributed by atoms with Crippen molar-refractivity contribution in [2.45, 2.75) is 18.8 Å². The average molecular weight is 718 g/mol. The number of ketones is 2. The summed E-state index contributed by atoms with van der Waals surface area (Å²) in [6, 6.07) is 10.5. The van der Waals surface area contributed by atoms with E-state index in [2.05, 4.69) is 47.8 Å².